The van der Waals surface area contributed by atoms with E-state index in [4.69, 9.17) is 4.52 Å². The Kier molecular flexibility index (Phi) is 4.00. The first-order chi connectivity index (χ1) is 10.7. The molecule has 6 heteroatoms. The molecule has 0 spiro atoms. The molecule has 0 amide bonds. The van der Waals surface area contributed by atoms with E-state index in [9.17, 15) is 0 Å². The van der Waals surface area contributed by atoms with Gasteiger partial charge in [-0.3, -0.25) is 0 Å². The minimum absolute atomic E-state index is 0.626. The first kappa shape index (κ1) is 14.1. The zero-order chi connectivity index (χ0) is 15.4. The van der Waals surface area contributed by atoms with Crippen LogP contribution in [0.15, 0.2) is 47.2 Å². The van der Waals surface area contributed by atoms with Crippen molar-refractivity contribution in [3.63, 3.8) is 0 Å². The van der Waals surface area contributed by atoms with Crippen molar-refractivity contribution < 1.29 is 4.52 Å². The van der Waals surface area contributed by atoms with Gasteiger partial charge in [0.05, 0.1) is 0 Å². The summed E-state index contributed by atoms with van der Waals surface area (Å²) in [6.07, 6.45) is 1.51. The lowest BCUT2D eigenvalue weighted by molar-refractivity contribution is 0.400. The van der Waals surface area contributed by atoms with Crippen molar-refractivity contribution in [2.24, 2.45) is 0 Å². The number of aryl methyl sites for hydroxylation is 2. The summed E-state index contributed by atoms with van der Waals surface area (Å²) >= 11 is 0. The normalized spacial score (nSPS) is 10.5. The van der Waals surface area contributed by atoms with Gasteiger partial charge < -0.3 is 15.2 Å². The van der Waals surface area contributed by atoms with Crippen LogP contribution >= 0.6 is 0 Å². The Hall–Kier alpha value is -2.89. The van der Waals surface area contributed by atoms with Crippen LogP contribution in [0, 0.1) is 13.8 Å². The third kappa shape index (κ3) is 3.60. The molecule has 2 heterocycles. The summed E-state index contributed by atoms with van der Waals surface area (Å²) in [5.41, 5.74) is 2.45. The number of rotatable bonds is 5. The number of anilines is 3. The fraction of sp³-hybridized carbons (Fsp3) is 0.188. The zero-order valence-electron chi connectivity index (χ0n) is 12.5. The molecule has 0 unspecified atom stereocenters. The molecule has 6 nitrogen and oxygen atoms in total. The standard InChI is InChI=1S/C16H17N5O/c1-11-4-3-5-13(6-11)9-17-14-8-15(19-10-18-14)20-16-7-12(2)22-21-16/h3-8,10H,9H2,1-2H3,(H2,17,18,19,20,21). The fourth-order valence-electron chi connectivity index (χ4n) is 2.09. The van der Waals surface area contributed by atoms with Crippen molar-refractivity contribution in [3.05, 3.63) is 59.6 Å². The summed E-state index contributed by atoms with van der Waals surface area (Å²) in [6, 6.07) is 12.0. The third-order valence-electron chi connectivity index (χ3n) is 3.11. The average molecular weight is 295 g/mol. The third-order valence-corrected chi connectivity index (χ3v) is 3.11. The number of nitrogens with zero attached hydrogens (tertiary/aromatic N) is 3. The highest BCUT2D eigenvalue weighted by Crippen LogP contribution is 2.16. The van der Waals surface area contributed by atoms with E-state index in [2.05, 4.69) is 50.9 Å². The zero-order valence-corrected chi connectivity index (χ0v) is 12.5. The predicted molar refractivity (Wildman–Crippen MR) is 85.1 cm³/mol. The van der Waals surface area contributed by atoms with E-state index >= 15 is 0 Å². The van der Waals surface area contributed by atoms with Gasteiger partial charge in [-0.05, 0) is 19.4 Å². The summed E-state index contributed by atoms with van der Waals surface area (Å²) in [6.45, 7) is 4.63. The van der Waals surface area contributed by atoms with E-state index in [1.807, 2.05) is 25.1 Å². The SMILES string of the molecule is Cc1cccc(CNc2cc(Nc3cc(C)on3)ncn2)c1. The second-order valence-electron chi connectivity index (χ2n) is 5.08. The van der Waals surface area contributed by atoms with Gasteiger partial charge in [-0.25, -0.2) is 9.97 Å². The molecule has 22 heavy (non-hydrogen) atoms. The van der Waals surface area contributed by atoms with E-state index < -0.39 is 0 Å². The Morgan fingerprint density at radius 1 is 1.00 bits per heavy atom. The number of nitrogens with one attached hydrogen (secondary N) is 2. The van der Waals surface area contributed by atoms with Gasteiger partial charge >= 0.3 is 0 Å². The van der Waals surface area contributed by atoms with Gasteiger partial charge in [0.15, 0.2) is 5.82 Å². The number of aromatic nitrogens is 3. The molecule has 0 fully saturated rings. The molecule has 2 aromatic heterocycles. The molecule has 2 N–H and O–H groups in total. The van der Waals surface area contributed by atoms with Crippen LogP contribution < -0.4 is 10.6 Å². The van der Waals surface area contributed by atoms with Crippen LogP contribution in [0.3, 0.4) is 0 Å². The van der Waals surface area contributed by atoms with E-state index in [1.165, 1.54) is 17.5 Å². The Balaban J connectivity index is 1.66. The smallest absolute Gasteiger partial charge is 0.175 e. The van der Waals surface area contributed by atoms with Crippen molar-refractivity contribution in [2.75, 3.05) is 10.6 Å². The second-order valence-corrected chi connectivity index (χ2v) is 5.08. The minimum Gasteiger partial charge on any atom is -0.366 e. The van der Waals surface area contributed by atoms with Crippen molar-refractivity contribution in [3.8, 4) is 0 Å². The van der Waals surface area contributed by atoms with E-state index in [1.54, 1.807) is 0 Å². The average Bonchev–Trinajstić information content (AvgIpc) is 2.91. The van der Waals surface area contributed by atoms with Crippen LogP contribution in [0.1, 0.15) is 16.9 Å². The van der Waals surface area contributed by atoms with Gasteiger partial charge in [0, 0.05) is 18.7 Å². The topological polar surface area (TPSA) is 75.9 Å². The van der Waals surface area contributed by atoms with E-state index in [0.29, 0.717) is 18.2 Å². The second kappa shape index (κ2) is 6.26. The van der Waals surface area contributed by atoms with Crippen molar-refractivity contribution >= 4 is 17.5 Å². The summed E-state index contributed by atoms with van der Waals surface area (Å²) in [5.74, 6) is 2.78. The Morgan fingerprint density at radius 2 is 1.86 bits per heavy atom. The Bertz CT molecular complexity index is 768. The van der Waals surface area contributed by atoms with E-state index in [-0.39, 0.29) is 0 Å². The van der Waals surface area contributed by atoms with Gasteiger partial charge in [-0.2, -0.15) is 0 Å². The highest BCUT2D eigenvalue weighted by molar-refractivity contribution is 5.55. The van der Waals surface area contributed by atoms with Gasteiger partial charge in [-0.1, -0.05) is 35.0 Å². The van der Waals surface area contributed by atoms with Crippen LogP contribution in [0.5, 0.6) is 0 Å². The van der Waals surface area contributed by atoms with Crippen LogP contribution in [0.4, 0.5) is 17.5 Å². The molecule has 0 saturated heterocycles. The molecular formula is C16H17N5O. The molecule has 112 valence electrons. The predicted octanol–water partition coefficient (Wildman–Crippen LogP) is 3.44. The molecule has 0 aliphatic heterocycles. The molecule has 0 bridgehead atoms. The van der Waals surface area contributed by atoms with Gasteiger partial charge in [0.25, 0.3) is 0 Å². The number of hydrogen-bond donors (Lipinski definition) is 2. The van der Waals surface area contributed by atoms with Crippen molar-refractivity contribution in [1.29, 1.82) is 0 Å². The van der Waals surface area contributed by atoms with Gasteiger partial charge in [0.1, 0.15) is 23.7 Å². The largest absolute Gasteiger partial charge is 0.366 e. The molecule has 0 atom stereocenters. The van der Waals surface area contributed by atoms with Crippen LogP contribution in [-0.2, 0) is 6.54 Å². The van der Waals surface area contributed by atoms with Crippen LogP contribution in [0.25, 0.3) is 0 Å². The van der Waals surface area contributed by atoms with Crippen LogP contribution in [-0.4, -0.2) is 15.1 Å². The molecule has 3 rings (SSSR count). The van der Waals surface area contributed by atoms with Gasteiger partial charge in [-0.15, -0.1) is 0 Å². The molecule has 0 aliphatic carbocycles. The quantitative estimate of drug-likeness (QED) is 0.751. The maximum atomic E-state index is 5.01. The lowest BCUT2D eigenvalue weighted by Gasteiger charge is -2.07. The fourth-order valence-corrected chi connectivity index (χ4v) is 2.09. The van der Waals surface area contributed by atoms with Crippen LogP contribution in [0.2, 0.25) is 0 Å². The van der Waals surface area contributed by atoms with E-state index in [0.717, 1.165) is 11.6 Å². The summed E-state index contributed by atoms with van der Waals surface area (Å²) < 4.78 is 5.01. The highest BCUT2D eigenvalue weighted by Gasteiger charge is 2.03. The molecule has 0 aliphatic rings. The minimum atomic E-state index is 0.626. The molecule has 0 radical (unpaired) electrons. The van der Waals surface area contributed by atoms with Gasteiger partial charge in [0.2, 0.25) is 0 Å². The first-order valence-corrected chi connectivity index (χ1v) is 7.01. The Labute approximate surface area is 128 Å². The van der Waals surface area contributed by atoms with Crippen molar-refractivity contribution in [1.82, 2.24) is 15.1 Å². The maximum absolute atomic E-state index is 5.01. The summed E-state index contributed by atoms with van der Waals surface area (Å²) in [5, 5.41) is 10.2. The summed E-state index contributed by atoms with van der Waals surface area (Å²) in [7, 11) is 0. The lowest BCUT2D eigenvalue weighted by atomic mass is 10.1. The molecular weight excluding hydrogens is 278 g/mol. The number of hydrogen-bond acceptors (Lipinski definition) is 6. The lowest BCUT2D eigenvalue weighted by Crippen LogP contribution is -2.03. The monoisotopic (exact) mass is 295 g/mol. The molecule has 0 saturated carbocycles. The molecule has 1 aromatic carbocycles. The Morgan fingerprint density at radius 3 is 2.64 bits per heavy atom. The first-order valence-electron chi connectivity index (χ1n) is 7.01. The highest BCUT2D eigenvalue weighted by atomic mass is 16.5. The molecule has 3 aromatic rings. The maximum Gasteiger partial charge on any atom is 0.175 e. The summed E-state index contributed by atoms with van der Waals surface area (Å²) in [4.78, 5) is 8.39. The number of benzene rings is 1. The van der Waals surface area contributed by atoms with Crippen molar-refractivity contribution in [2.45, 2.75) is 20.4 Å².